The van der Waals surface area contributed by atoms with Gasteiger partial charge in [0.2, 0.25) is 0 Å². The van der Waals surface area contributed by atoms with Crippen LogP contribution in [0, 0.1) is 6.92 Å². The first-order valence-corrected chi connectivity index (χ1v) is 5.52. The van der Waals surface area contributed by atoms with Crippen molar-refractivity contribution in [1.82, 2.24) is 20.0 Å². The van der Waals surface area contributed by atoms with Crippen LogP contribution in [0.1, 0.15) is 18.3 Å². The van der Waals surface area contributed by atoms with Gasteiger partial charge >= 0.3 is 0 Å². The summed E-state index contributed by atoms with van der Waals surface area (Å²) in [5.74, 6) is 0. The summed E-state index contributed by atoms with van der Waals surface area (Å²) in [6.07, 6.45) is 0. The highest BCUT2D eigenvalue weighted by Gasteiger charge is 2.01. The minimum absolute atomic E-state index is 0.898. The first kappa shape index (κ1) is 12.2. The molecule has 0 bridgehead atoms. The van der Waals surface area contributed by atoms with Crippen molar-refractivity contribution in [3.05, 3.63) is 17.5 Å². The second kappa shape index (κ2) is 5.88. The Morgan fingerprint density at radius 2 is 2.27 bits per heavy atom. The molecule has 0 radical (unpaired) electrons. The first-order chi connectivity index (χ1) is 7.13. The Morgan fingerprint density at radius 3 is 2.80 bits per heavy atom. The van der Waals surface area contributed by atoms with Crippen molar-refractivity contribution in [2.75, 3.05) is 26.7 Å². The van der Waals surface area contributed by atoms with Crippen molar-refractivity contribution in [1.29, 1.82) is 0 Å². The van der Waals surface area contributed by atoms with Crippen molar-refractivity contribution < 1.29 is 0 Å². The van der Waals surface area contributed by atoms with Crippen molar-refractivity contribution in [2.24, 2.45) is 7.05 Å². The van der Waals surface area contributed by atoms with Crippen LogP contribution in [0.15, 0.2) is 6.07 Å². The van der Waals surface area contributed by atoms with E-state index in [1.165, 1.54) is 5.69 Å². The molecule has 0 unspecified atom stereocenters. The molecule has 0 saturated heterocycles. The highest BCUT2D eigenvalue weighted by Crippen LogP contribution is 2.00. The summed E-state index contributed by atoms with van der Waals surface area (Å²) in [5, 5.41) is 7.73. The smallest absolute Gasteiger partial charge is 0.0597 e. The van der Waals surface area contributed by atoms with Gasteiger partial charge in [0.1, 0.15) is 0 Å². The molecule has 0 amide bonds. The standard InChI is InChI=1S/C11H22N4/c1-5-14(3)7-6-12-9-11-8-10(2)13-15(11)4/h8,12H,5-7,9H2,1-4H3. The second-order valence-electron chi connectivity index (χ2n) is 3.97. The van der Waals surface area contributed by atoms with E-state index in [0.29, 0.717) is 0 Å². The van der Waals surface area contributed by atoms with Gasteiger partial charge < -0.3 is 10.2 Å². The zero-order valence-corrected chi connectivity index (χ0v) is 10.2. The normalized spacial score (nSPS) is 11.3. The number of hydrogen-bond donors (Lipinski definition) is 1. The van der Waals surface area contributed by atoms with E-state index < -0.39 is 0 Å². The summed E-state index contributed by atoms with van der Waals surface area (Å²) in [7, 11) is 4.12. The lowest BCUT2D eigenvalue weighted by molar-refractivity contribution is 0.348. The maximum Gasteiger partial charge on any atom is 0.0597 e. The van der Waals surface area contributed by atoms with Crippen LogP contribution in [-0.2, 0) is 13.6 Å². The van der Waals surface area contributed by atoms with Crippen LogP contribution in [-0.4, -0.2) is 41.4 Å². The minimum atomic E-state index is 0.898. The molecule has 15 heavy (non-hydrogen) atoms. The highest BCUT2D eigenvalue weighted by atomic mass is 15.3. The lowest BCUT2D eigenvalue weighted by Crippen LogP contribution is -2.29. The largest absolute Gasteiger partial charge is 0.310 e. The molecular formula is C11H22N4. The second-order valence-corrected chi connectivity index (χ2v) is 3.97. The van der Waals surface area contributed by atoms with Crippen molar-refractivity contribution in [2.45, 2.75) is 20.4 Å². The van der Waals surface area contributed by atoms with E-state index in [0.717, 1.165) is 31.9 Å². The van der Waals surface area contributed by atoms with Crippen LogP contribution >= 0.6 is 0 Å². The van der Waals surface area contributed by atoms with E-state index >= 15 is 0 Å². The maximum atomic E-state index is 4.31. The molecule has 0 spiro atoms. The predicted molar refractivity (Wildman–Crippen MR) is 62.8 cm³/mol. The number of rotatable bonds is 6. The average Bonchev–Trinajstić information content (AvgIpc) is 2.52. The average molecular weight is 210 g/mol. The number of nitrogens with zero attached hydrogens (tertiary/aromatic N) is 3. The van der Waals surface area contributed by atoms with Gasteiger partial charge in [0, 0.05) is 26.7 Å². The van der Waals surface area contributed by atoms with Gasteiger partial charge in [-0.25, -0.2) is 0 Å². The Hall–Kier alpha value is -0.870. The third kappa shape index (κ3) is 4.01. The third-order valence-corrected chi connectivity index (χ3v) is 2.62. The summed E-state index contributed by atoms with van der Waals surface area (Å²) in [6, 6.07) is 2.12. The van der Waals surface area contributed by atoms with Gasteiger partial charge in [-0.2, -0.15) is 5.10 Å². The Kier molecular flexibility index (Phi) is 4.78. The highest BCUT2D eigenvalue weighted by molar-refractivity contribution is 5.08. The van der Waals surface area contributed by atoms with Crippen LogP contribution < -0.4 is 5.32 Å². The zero-order valence-electron chi connectivity index (χ0n) is 10.2. The molecule has 86 valence electrons. The van der Waals surface area contributed by atoms with Crippen LogP contribution in [0.25, 0.3) is 0 Å². The molecule has 4 nitrogen and oxygen atoms in total. The molecule has 0 saturated carbocycles. The third-order valence-electron chi connectivity index (χ3n) is 2.62. The fourth-order valence-corrected chi connectivity index (χ4v) is 1.47. The lowest BCUT2D eigenvalue weighted by atomic mass is 10.3. The van der Waals surface area contributed by atoms with Gasteiger partial charge in [-0.05, 0) is 26.6 Å². The number of aryl methyl sites for hydroxylation is 2. The van der Waals surface area contributed by atoms with E-state index in [1.807, 2.05) is 18.7 Å². The fraction of sp³-hybridized carbons (Fsp3) is 0.727. The monoisotopic (exact) mass is 210 g/mol. The van der Waals surface area contributed by atoms with E-state index in [2.05, 4.69) is 35.4 Å². The fourth-order valence-electron chi connectivity index (χ4n) is 1.47. The molecule has 0 aromatic carbocycles. The Labute approximate surface area is 92.3 Å². The molecule has 1 heterocycles. The number of likely N-dealkylation sites (N-methyl/N-ethyl adjacent to an activating group) is 1. The Morgan fingerprint density at radius 1 is 1.53 bits per heavy atom. The predicted octanol–water partition coefficient (Wildman–Crippen LogP) is 0.770. The zero-order chi connectivity index (χ0) is 11.3. The molecule has 0 aliphatic rings. The minimum Gasteiger partial charge on any atom is -0.310 e. The van der Waals surface area contributed by atoms with Crippen molar-refractivity contribution >= 4 is 0 Å². The van der Waals surface area contributed by atoms with Crippen molar-refractivity contribution in [3.63, 3.8) is 0 Å². The van der Waals surface area contributed by atoms with Gasteiger partial charge in [0.25, 0.3) is 0 Å². The first-order valence-electron chi connectivity index (χ1n) is 5.52. The molecule has 1 rings (SSSR count). The SMILES string of the molecule is CCN(C)CCNCc1cc(C)nn1C. The number of nitrogens with one attached hydrogen (secondary N) is 1. The summed E-state index contributed by atoms with van der Waals surface area (Å²) in [6.45, 7) is 8.31. The Balaban J connectivity index is 2.23. The van der Waals surface area contributed by atoms with Gasteiger partial charge in [0.15, 0.2) is 0 Å². The molecule has 1 N–H and O–H groups in total. The topological polar surface area (TPSA) is 33.1 Å². The van der Waals surface area contributed by atoms with Gasteiger partial charge in [-0.15, -0.1) is 0 Å². The summed E-state index contributed by atoms with van der Waals surface area (Å²) in [5.41, 5.74) is 2.33. The summed E-state index contributed by atoms with van der Waals surface area (Å²) in [4.78, 5) is 2.29. The summed E-state index contributed by atoms with van der Waals surface area (Å²) >= 11 is 0. The van der Waals surface area contributed by atoms with Crippen LogP contribution in [0.4, 0.5) is 0 Å². The van der Waals surface area contributed by atoms with E-state index in [4.69, 9.17) is 0 Å². The quantitative estimate of drug-likeness (QED) is 0.704. The molecule has 0 atom stereocenters. The van der Waals surface area contributed by atoms with Gasteiger partial charge in [-0.1, -0.05) is 6.92 Å². The maximum absolute atomic E-state index is 4.31. The van der Waals surface area contributed by atoms with E-state index in [9.17, 15) is 0 Å². The Bertz CT molecular complexity index is 293. The van der Waals surface area contributed by atoms with Gasteiger partial charge in [-0.3, -0.25) is 4.68 Å². The van der Waals surface area contributed by atoms with Gasteiger partial charge in [0.05, 0.1) is 11.4 Å². The van der Waals surface area contributed by atoms with Crippen LogP contribution in [0.2, 0.25) is 0 Å². The molecule has 0 aliphatic carbocycles. The molecule has 0 fully saturated rings. The lowest BCUT2D eigenvalue weighted by Gasteiger charge is -2.13. The van der Waals surface area contributed by atoms with Crippen LogP contribution in [0.3, 0.4) is 0 Å². The molecule has 4 heteroatoms. The number of hydrogen-bond acceptors (Lipinski definition) is 3. The summed E-state index contributed by atoms with van der Waals surface area (Å²) < 4.78 is 1.94. The molecule has 1 aromatic rings. The number of aromatic nitrogens is 2. The molecular weight excluding hydrogens is 188 g/mol. The van der Waals surface area contributed by atoms with E-state index in [1.54, 1.807) is 0 Å². The molecule has 1 aromatic heterocycles. The molecule has 0 aliphatic heterocycles. The van der Waals surface area contributed by atoms with Crippen molar-refractivity contribution in [3.8, 4) is 0 Å². The van der Waals surface area contributed by atoms with Crippen LogP contribution in [0.5, 0.6) is 0 Å². The van der Waals surface area contributed by atoms with E-state index in [-0.39, 0.29) is 0 Å².